The molecule has 3 heterocycles. The maximum absolute atomic E-state index is 12.8. The summed E-state index contributed by atoms with van der Waals surface area (Å²) in [5.41, 5.74) is 0.324. The standard InChI is InChI=1S/C17H30N6O/c1-4-7-23-12-17(5-8-22(3)9-6-17)10-14(23)16(24)18-11-15-19-13(2)20-21-15/h14H,4-12H2,1-3H3,(H,18,24)(H,19,20,21)/t14-/m0/s1. The Morgan fingerprint density at radius 1 is 1.42 bits per heavy atom. The Morgan fingerprint density at radius 2 is 2.17 bits per heavy atom. The van der Waals surface area contributed by atoms with E-state index >= 15 is 0 Å². The van der Waals surface area contributed by atoms with Crippen molar-refractivity contribution in [1.82, 2.24) is 30.3 Å². The first-order valence-corrected chi connectivity index (χ1v) is 9.09. The van der Waals surface area contributed by atoms with Gasteiger partial charge < -0.3 is 10.2 Å². The molecule has 0 aliphatic carbocycles. The van der Waals surface area contributed by atoms with E-state index in [0.717, 1.165) is 44.8 Å². The first-order chi connectivity index (χ1) is 11.5. The van der Waals surface area contributed by atoms with Crippen molar-refractivity contribution in [3.63, 3.8) is 0 Å². The largest absolute Gasteiger partial charge is 0.347 e. The molecule has 7 nitrogen and oxygen atoms in total. The molecule has 1 atom stereocenters. The summed E-state index contributed by atoms with van der Waals surface area (Å²) in [6.45, 7) is 8.79. The van der Waals surface area contributed by atoms with Gasteiger partial charge >= 0.3 is 0 Å². The fourth-order valence-electron chi connectivity index (χ4n) is 4.13. The number of nitrogens with one attached hydrogen (secondary N) is 2. The van der Waals surface area contributed by atoms with Crippen LogP contribution in [0, 0.1) is 12.3 Å². The summed E-state index contributed by atoms with van der Waals surface area (Å²) in [6.07, 6.45) is 4.47. The number of H-pyrrole nitrogens is 1. The number of rotatable bonds is 5. The van der Waals surface area contributed by atoms with Crippen LogP contribution in [0.5, 0.6) is 0 Å². The van der Waals surface area contributed by atoms with Crippen molar-refractivity contribution in [2.24, 2.45) is 5.41 Å². The molecule has 2 fully saturated rings. The highest BCUT2D eigenvalue weighted by molar-refractivity contribution is 5.82. The van der Waals surface area contributed by atoms with Crippen LogP contribution in [-0.2, 0) is 11.3 Å². The molecule has 2 aliphatic heterocycles. The molecule has 0 unspecified atom stereocenters. The predicted octanol–water partition coefficient (Wildman–Crippen LogP) is 0.926. The van der Waals surface area contributed by atoms with E-state index in [9.17, 15) is 4.79 Å². The normalized spacial score (nSPS) is 24.5. The minimum absolute atomic E-state index is 0.00612. The molecule has 2 aliphatic rings. The van der Waals surface area contributed by atoms with Gasteiger partial charge in [0.1, 0.15) is 5.82 Å². The minimum atomic E-state index is -0.00612. The Morgan fingerprint density at radius 3 is 2.79 bits per heavy atom. The number of hydrogen-bond donors (Lipinski definition) is 2. The van der Waals surface area contributed by atoms with Gasteiger partial charge in [0.2, 0.25) is 5.91 Å². The van der Waals surface area contributed by atoms with E-state index in [4.69, 9.17) is 0 Å². The zero-order valence-corrected chi connectivity index (χ0v) is 15.1. The van der Waals surface area contributed by atoms with Crippen LogP contribution in [0.2, 0.25) is 0 Å². The molecule has 0 bridgehead atoms. The van der Waals surface area contributed by atoms with Crippen LogP contribution in [0.3, 0.4) is 0 Å². The number of aromatic nitrogens is 3. The zero-order valence-electron chi connectivity index (χ0n) is 15.1. The van der Waals surface area contributed by atoms with Crippen LogP contribution >= 0.6 is 0 Å². The average molecular weight is 334 g/mol. The molecule has 1 amide bonds. The number of carbonyl (C=O) groups excluding carboxylic acids is 1. The van der Waals surface area contributed by atoms with Crippen LogP contribution < -0.4 is 5.32 Å². The van der Waals surface area contributed by atoms with Crippen LogP contribution in [-0.4, -0.2) is 70.2 Å². The van der Waals surface area contributed by atoms with E-state index in [1.54, 1.807) is 0 Å². The van der Waals surface area contributed by atoms with Crippen molar-refractivity contribution in [3.8, 4) is 0 Å². The summed E-state index contributed by atoms with van der Waals surface area (Å²) >= 11 is 0. The van der Waals surface area contributed by atoms with Gasteiger partial charge in [0, 0.05) is 6.54 Å². The lowest BCUT2D eigenvalue weighted by molar-refractivity contribution is -0.125. The lowest BCUT2D eigenvalue weighted by Crippen LogP contribution is -2.43. The summed E-state index contributed by atoms with van der Waals surface area (Å²) in [7, 11) is 2.19. The van der Waals surface area contributed by atoms with E-state index in [1.807, 2.05) is 6.92 Å². The van der Waals surface area contributed by atoms with Crippen LogP contribution in [0.1, 0.15) is 44.3 Å². The number of carbonyl (C=O) groups is 1. The molecule has 3 rings (SSSR count). The van der Waals surface area contributed by atoms with Crippen LogP contribution in [0.4, 0.5) is 0 Å². The number of amides is 1. The van der Waals surface area contributed by atoms with E-state index in [-0.39, 0.29) is 11.9 Å². The second-order valence-corrected chi connectivity index (χ2v) is 7.55. The molecule has 0 aromatic carbocycles. The second kappa shape index (κ2) is 7.19. The van der Waals surface area contributed by atoms with Crippen LogP contribution in [0.15, 0.2) is 0 Å². The molecular weight excluding hydrogens is 304 g/mol. The first kappa shape index (κ1) is 17.4. The maximum Gasteiger partial charge on any atom is 0.237 e. The van der Waals surface area contributed by atoms with Crippen molar-refractivity contribution in [2.75, 3.05) is 33.2 Å². The molecule has 0 radical (unpaired) electrons. The zero-order chi connectivity index (χ0) is 17.2. The Balaban J connectivity index is 1.62. The SMILES string of the molecule is CCCN1CC2(CCN(C)CC2)C[C@H]1C(=O)NCc1n[nH]c(C)n1. The fourth-order valence-corrected chi connectivity index (χ4v) is 4.13. The van der Waals surface area contributed by atoms with Gasteiger partial charge in [-0.25, -0.2) is 4.98 Å². The average Bonchev–Trinajstić information content (AvgIpc) is 3.13. The van der Waals surface area contributed by atoms with Crippen molar-refractivity contribution < 1.29 is 4.79 Å². The molecule has 1 aromatic heterocycles. The van der Waals surface area contributed by atoms with Gasteiger partial charge in [0.15, 0.2) is 5.82 Å². The van der Waals surface area contributed by atoms with Gasteiger partial charge in [0.25, 0.3) is 0 Å². The second-order valence-electron chi connectivity index (χ2n) is 7.55. The maximum atomic E-state index is 12.8. The Hall–Kier alpha value is -1.47. The van der Waals surface area contributed by atoms with E-state index in [1.165, 1.54) is 12.8 Å². The van der Waals surface area contributed by atoms with Gasteiger partial charge in [-0.15, -0.1) is 0 Å². The first-order valence-electron chi connectivity index (χ1n) is 9.09. The Kier molecular flexibility index (Phi) is 5.20. The lowest BCUT2D eigenvalue weighted by atomic mass is 9.76. The Bertz CT molecular complexity index is 563. The Labute approximate surface area is 144 Å². The molecule has 1 aromatic rings. The third-order valence-electron chi connectivity index (χ3n) is 5.53. The van der Waals surface area contributed by atoms with Gasteiger partial charge in [-0.2, -0.15) is 5.10 Å². The van der Waals surface area contributed by atoms with E-state index < -0.39 is 0 Å². The van der Waals surface area contributed by atoms with Crippen molar-refractivity contribution >= 4 is 5.91 Å². The molecule has 24 heavy (non-hydrogen) atoms. The van der Waals surface area contributed by atoms with E-state index in [2.05, 4.69) is 44.3 Å². The van der Waals surface area contributed by atoms with Gasteiger partial charge in [-0.05, 0) is 64.7 Å². The number of aromatic amines is 1. The molecule has 7 heteroatoms. The van der Waals surface area contributed by atoms with Crippen molar-refractivity contribution in [3.05, 3.63) is 11.6 Å². The van der Waals surface area contributed by atoms with Crippen molar-refractivity contribution in [1.29, 1.82) is 0 Å². The highest BCUT2D eigenvalue weighted by Gasteiger charge is 2.47. The minimum Gasteiger partial charge on any atom is -0.347 e. The number of piperidine rings is 1. The molecular formula is C17H30N6O. The molecule has 2 saturated heterocycles. The number of hydrogen-bond acceptors (Lipinski definition) is 5. The molecule has 1 spiro atoms. The summed E-state index contributed by atoms with van der Waals surface area (Å²) in [5, 5.41) is 9.94. The highest BCUT2D eigenvalue weighted by Crippen LogP contribution is 2.43. The quantitative estimate of drug-likeness (QED) is 0.837. The number of aryl methyl sites for hydroxylation is 1. The third-order valence-corrected chi connectivity index (χ3v) is 5.53. The molecule has 0 saturated carbocycles. The summed E-state index contributed by atoms with van der Waals surface area (Å²) in [5.74, 6) is 1.55. The van der Waals surface area contributed by atoms with Crippen molar-refractivity contribution in [2.45, 2.75) is 52.1 Å². The van der Waals surface area contributed by atoms with E-state index in [0.29, 0.717) is 17.8 Å². The summed E-state index contributed by atoms with van der Waals surface area (Å²) in [6, 6.07) is -0.00612. The van der Waals surface area contributed by atoms with Gasteiger partial charge in [-0.3, -0.25) is 14.8 Å². The number of nitrogens with zero attached hydrogens (tertiary/aromatic N) is 4. The fraction of sp³-hybridized carbons (Fsp3) is 0.824. The number of likely N-dealkylation sites (tertiary alicyclic amines) is 2. The topological polar surface area (TPSA) is 77.1 Å². The monoisotopic (exact) mass is 334 g/mol. The predicted molar refractivity (Wildman–Crippen MR) is 92.4 cm³/mol. The van der Waals surface area contributed by atoms with Gasteiger partial charge in [-0.1, -0.05) is 6.92 Å². The smallest absolute Gasteiger partial charge is 0.237 e. The van der Waals surface area contributed by atoms with Crippen LogP contribution in [0.25, 0.3) is 0 Å². The third kappa shape index (κ3) is 3.78. The molecule has 134 valence electrons. The summed E-state index contributed by atoms with van der Waals surface area (Å²) in [4.78, 5) is 21.8. The molecule has 2 N–H and O–H groups in total. The van der Waals surface area contributed by atoms with Gasteiger partial charge in [0.05, 0.1) is 12.6 Å². The lowest BCUT2D eigenvalue weighted by Gasteiger charge is -2.37. The summed E-state index contributed by atoms with van der Waals surface area (Å²) < 4.78 is 0. The highest BCUT2D eigenvalue weighted by atomic mass is 16.2.